The third-order valence-corrected chi connectivity index (χ3v) is 4.48. The molecule has 6 heteroatoms. The van der Waals surface area contributed by atoms with E-state index in [1.165, 1.54) is 0 Å². The lowest BCUT2D eigenvalue weighted by molar-refractivity contribution is -0.139. The van der Waals surface area contributed by atoms with Crippen molar-refractivity contribution in [3.05, 3.63) is 45.6 Å². The van der Waals surface area contributed by atoms with E-state index < -0.39 is 12.0 Å². The summed E-state index contributed by atoms with van der Waals surface area (Å²) in [5.41, 5.74) is 1.92. The molecule has 1 aromatic rings. The van der Waals surface area contributed by atoms with Gasteiger partial charge in [0, 0.05) is 16.2 Å². The number of rotatable bonds is 4. The summed E-state index contributed by atoms with van der Waals surface area (Å²) in [5.74, 6) is -0.406. The molecule has 1 aromatic carbocycles. The number of carbonyl (C=O) groups is 2. The number of nitrogens with zero attached hydrogens (tertiary/aromatic N) is 1. The van der Waals surface area contributed by atoms with Crippen LogP contribution in [0.15, 0.2) is 40.0 Å². The number of esters is 1. The van der Waals surface area contributed by atoms with Gasteiger partial charge in [-0.1, -0.05) is 34.1 Å². The largest absolute Gasteiger partial charge is 0.463 e. The highest BCUT2D eigenvalue weighted by molar-refractivity contribution is 9.10. The highest BCUT2D eigenvalue weighted by Crippen LogP contribution is 2.35. The van der Waals surface area contributed by atoms with Crippen LogP contribution in [-0.2, 0) is 9.53 Å². The first-order valence-corrected chi connectivity index (χ1v) is 8.39. The normalized spacial score (nSPS) is 18.3. The van der Waals surface area contributed by atoms with E-state index in [2.05, 4.69) is 21.2 Å². The predicted octanol–water partition coefficient (Wildman–Crippen LogP) is 3.76. The maximum absolute atomic E-state index is 12.5. The molecule has 1 heterocycles. The topological polar surface area (TPSA) is 58.6 Å². The minimum absolute atomic E-state index is 0.0559. The molecule has 0 aliphatic carbocycles. The van der Waals surface area contributed by atoms with Crippen LogP contribution in [-0.4, -0.2) is 29.5 Å². The Kier molecular flexibility index (Phi) is 5.46. The molecule has 23 heavy (non-hydrogen) atoms. The van der Waals surface area contributed by atoms with Crippen LogP contribution in [0.4, 0.5) is 4.79 Å². The second kappa shape index (κ2) is 7.17. The molecule has 2 amide bonds. The summed E-state index contributed by atoms with van der Waals surface area (Å²) in [6.45, 7) is 7.65. The maximum atomic E-state index is 12.5. The summed E-state index contributed by atoms with van der Waals surface area (Å²) in [6.07, 6.45) is 0. The summed E-state index contributed by atoms with van der Waals surface area (Å²) in [4.78, 5) is 26.6. The third-order valence-electron chi connectivity index (χ3n) is 3.75. The van der Waals surface area contributed by atoms with E-state index in [4.69, 9.17) is 4.74 Å². The summed E-state index contributed by atoms with van der Waals surface area (Å²) in [5, 5.41) is 2.92. The molecule has 0 radical (unpaired) electrons. The molecule has 0 aromatic heterocycles. The number of allylic oxidation sites excluding steroid dienone is 1. The molecule has 0 saturated carbocycles. The molecule has 0 spiro atoms. The Morgan fingerprint density at radius 1 is 1.39 bits per heavy atom. The van der Waals surface area contributed by atoms with Gasteiger partial charge < -0.3 is 10.1 Å². The average molecular weight is 381 g/mol. The number of carbonyl (C=O) groups excluding carboxylic acids is 2. The van der Waals surface area contributed by atoms with Gasteiger partial charge in [-0.25, -0.2) is 9.59 Å². The predicted molar refractivity (Wildman–Crippen MR) is 91.7 cm³/mol. The summed E-state index contributed by atoms with van der Waals surface area (Å²) < 4.78 is 6.05. The molecule has 0 fully saturated rings. The van der Waals surface area contributed by atoms with E-state index >= 15 is 0 Å². The molecule has 1 aliphatic heterocycles. The number of urea groups is 1. The first kappa shape index (κ1) is 17.5. The van der Waals surface area contributed by atoms with E-state index in [9.17, 15) is 9.59 Å². The molecule has 2 rings (SSSR count). The first-order chi connectivity index (χ1) is 10.9. The van der Waals surface area contributed by atoms with Crippen molar-refractivity contribution in [2.45, 2.75) is 39.8 Å². The van der Waals surface area contributed by atoms with Crippen molar-refractivity contribution in [1.82, 2.24) is 10.2 Å². The van der Waals surface area contributed by atoms with Crippen molar-refractivity contribution in [2.24, 2.45) is 0 Å². The summed E-state index contributed by atoms with van der Waals surface area (Å²) in [7, 11) is 0. The van der Waals surface area contributed by atoms with Crippen molar-refractivity contribution in [1.29, 1.82) is 0 Å². The van der Waals surface area contributed by atoms with E-state index in [1.54, 1.807) is 18.7 Å². The SMILES string of the molecule is CCOC(=O)C1=C(C)N(C(C)C)C(=O)N[C@@H]1c1ccccc1Br. The summed E-state index contributed by atoms with van der Waals surface area (Å²) in [6, 6.07) is 6.72. The van der Waals surface area contributed by atoms with Gasteiger partial charge in [-0.3, -0.25) is 4.90 Å². The first-order valence-electron chi connectivity index (χ1n) is 7.60. The Labute approximate surface area is 144 Å². The second-order valence-electron chi connectivity index (χ2n) is 5.59. The zero-order valence-electron chi connectivity index (χ0n) is 13.7. The fourth-order valence-electron chi connectivity index (χ4n) is 2.79. The highest BCUT2D eigenvalue weighted by Gasteiger charge is 2.37. The van der Waals surface area contributed by atoms with Gasteiger partial charge in [0.2, 0.25) is 0 Å². The highest BCUT2D eigenvalue weighted by atomic mass is 79.9. The molecular weight excluding hydrogens is 360 g/mol. The number of halogens is 1. The van der Waals surface area contributed by atoms with Crippen molar-refractivity contribution >= 4 is 27.9 Å². The molecule has 0 unspecified atom stereocenters. The smallest absolute Gasteiger partial charge is 0.338 e. The maximum Gasteiger partial charge on any atom is 0.338 e. The van der Waals surface area contributed by atoms with Gasteiger partial charge in [-0.05, 0) is 39.3 Å². The molecule has 5 nitrogen and oxygen atoms in total. The van der Waals surface area contributed by atoms with Gasteiger partial charge in [0.05, 0.1) is 18.2 Å². The van der Waals surface area contributed by atoms with Crippen LogP contribution in [0.1, 0.15) is 39.3 Å². The van der Waals surface area contributed by atoms with Gasteiger partial charge in [-0.2, -0.15) is 0 Å². The van der Waals surface area contributed by atoms with Crippen LogP contribution in [0.25, 0.3) is 0 Å². The fraction of sp³-hybridized carbons (Fsp3) is 0.412. The van der Waals surface area contributed by atoms with Crippen molar-refractivity contribution < 1.29 is 14.3 Å². The Morgan fingerprint density at radius 3 is 2.61 bits per heavy atom. The zero-order valence-corrected chi connectivity index (χ0v) is 15.3. The van der Waals surface area contributed by atoms with E-state index in [0.29, 0.717) is 11.3 Å². The van der Waals surface area contributed by atoms with Crippen LogP contribution in [0.2, 0.25) is 0 Å². The quantitative estimate of drug-likeness (QED) is 0.808. The average Bonchev–Trinajstić information content (AvgIpc) is 2.46. The molecular formula is C17H21BrN2O3. The zero-order chi connectivity index (χ0) is 17.1. The number of hydrogen-bond acceptors (Lipinski definition) is 3. The van der Waals surface area contributed by atoms with Gasteiger partial charge >= 0.3 is 12.0 Å². The van der Waals surface area contributed by atoms with Crippen LogP contribution >= 0.6 is 15.9 Å². The number of hydrogen-bond donors (Lipinski definition) is 1. The Morgan fingerprint density at radius 2 is 2.04 bits per heavy atom. The minimum Gasteiger partial charge on any atom is -0.463 e. The lowest BCUT2D eigenvalue weighted by Crippen LogP contribution is -2.50. The molecule has 0 saturated heterocycles. The molecule has 1 atom stereocenters. The van der Waals surface area contributed by atoms with Crippen LogP contribution < -0.4 is 5.32 Å². The van der Waals surface area contributed by atoms with Gasteiger partial charge in [0.1, 0.15) is 0 Å². The Balaban J connectivity index is 2.59. The monoisotopic (exact) mass is 380 g/mol. The second-order valence-corrected chi connectivity index (χ2v) is 6.44. The molecule has 1 N–H and O–H groups in total. The number of amides is 2. The van der Waals surface area contributed by atoms with Gasteiger partial charge in [0.25, 0.3) is 0 Å². The van der Waals surface area contributed by atoms with Crippen LogP contribution in [0.5, 0.6) is 0 Å². The third kappa shape index (κ3) is 3.42. The van der Waals surface area contributed by atoms with E-state index in [0.717, 1.165) is 10.0 Å². The number of benzene rings is 1. The number of ether oxygens (including phenoxy) is 1. The van der Waals surface area contributed by atoms with Crippen LogP contribution in [0, 0.1) is 0 Å². The molecule has 0 bridgehead atoms. The Hall–Kier alpha value is -1.82. The fourth-order valence-corrected chi connectivity index (χ4v) is 3.31. The lowest BCUT2D eigenvalue weighted by atomic mass is 9.94. The minimum atomic E-state index is -0.535. The number of nitrogens with one attached hydrogen (secondary N) is 1. The summed E-state index contributed by atoms with van der Waals surface area (Å²) >= 11 is 3.49. The molecule has 1 aliphatic rings. The van der Waals surface area contributed by atoms with Gasteiger partial charge in [-0.15, -0.1) is 0 Å². The van der Waals surface area contributed by atoms with Crippen molar-refractivity contribution in [3.63, 3.8) is 0 Å². The van der Waals surface area contributed by atoms with Crippen molar-refractivity contribution in [3.8, 4) is 0 Å². The standard InChI is InChI=1S/C17H21BrN2O3/c1-5-23-16(21)14-11(4)20(10(2)3)17(22)19-15(14)12-8-6-7-9-13(12)18/h6-10,15H,5H2,1-4H3,(H,19,22)/t15-/m1/s1. The van der Waals surface area contributed by atoms with Crippen LogP contribution in [0.3, 0.4) is 0 Å². The van der Waals surface area contributed by atoms with Gasteiger partial charge in [0.15, 0.2) is 0 Å². The Bertz CT molecular complexity index is 655. The lowest BCUT2D eigenvalue weighted by Gasteiger charge is -2.37. The van der Waals surface area contributed by atoms with Crippen molar-refractivity contribution in [2.75, 3.05) is 6.61 Å². The van der Waals surface area contributed by atoms with E-state index in [1.807, 2.05) is 38.1 Å². The molecule has 124 valence electrons. The van der Waals surface area contributed by atoms with E-state index in [-0.39, 0.29) is 18.7 Å².